The first-order valence-electron chi connectivity index (χ1n) is 5.69. The molecule has 1 atom stereocenters. The Morgan fingerprint density at radius 2 is 2.00 bits per heavy atom. The van der Waals surface area contributed by atoms with Gasteiger partial charge in [-0.15, -0.1) is 11.8 Å². The van der Waals surface area contributed by atoms with Gasteiger partial charge in [0.15, 0.2) is 0 Å². The number of rotatable bonds is 5. The monoisotopic (exact) mass is 271 g/mol. The molecule has 0 aliphatic carbocycles. The van der Waals surface area contributed by atoms with E-state index in [0.717, 1.165) is 4.90 Å². The molecule has 1 aromatic carbocycles. The van der Waals surface area contributed by atoms with Crippen LogP contribution in [0.4, 0.5) is 4.39 Å². The minimum absolute atomic E-state index is 0.157. The van der Waals surface area contributed by atoms with E-state index in [9.17, 15) is 14.3 Å². The predicted molar refractivity (Wildman–Crippen MR) is 71.0 cm³/mol. The van der Waals surface area contributed by atoms with E-state index in [0.29, 0.717) is 0 Å². The molecule has 1 rings (SSSR count). The maximum atomic E-state index is 12.7. The van der Waals surface area contributed by atoms with E-state index >= 15 is 0 Å². The quantitative estimate of drug-likeness (QED) is 0.807. The third kappa shape index (κ3) is 4.66. The molecule has 5 heteroatoms. The first-order chi connectivity index (χ1) is 8.31. The number of carbonyl (C=O) groups excluding carboxylic acids is 1. The molecule has 0 aromatic heterocycles. The van der Waals surface area contributed by atoms with Crippen LogP contribution in [-0.4, -0.2) is 28.4 Å². The summed E-state index contributed by atoms with van der Waals surface area (Å²) >= 11 is 1.33. The first-order valence-corrected chi connectivity index (χ1v) is 6.67. The van der Waals surface area contributed by atoms with E-state index in [1.54, 1.807) is 32.9 Å². The third-order valence-electron chi connectivity index (χ3n) is 2.69. The summed E-state index contributed by atoms with van der Waals surface area (Å²) in [6, 6.07) is 5.99. The highest BCUT2D eigenvalue weighted by atomic mass is 32.2. The summed E-state index contributed by atoms with van der Waals surface area (Å²) in [5.74, 6) is -0.212. The average Bonchev–Trinajstić information content (AvgIpc) is 2.27. The molecular formula is C13H18FNO2S. The summed E-state index contributed by atoms with van der Waals surface area (Å²) in [4.78, 5) is 12.5. The lowest BCUT2D eigenvalue weighted by Gasteiger charge is -2.29. The Morgan fingerprint density at radius 3 is 2.50 bits per heavy atom. The van der Waals surface area contributed by atoms with Crippen molar-refractivity contribution in [1.29, 1.82) is 0 Å². The molecule has 0 bridgehead atoms. The Labute approximate surface area is 111 Å². The van der Waals surface area contributed by atoms with Crippen molar-refractivity contribution in [2.24, 2.45) is 0 Å². The van der Waals surface area contributed by atoms with Crippen molar-refractivity contribution >= 4 is 17.7 Å². The summed E-state index contributed by atoms with van der Waals surface area (Å²) < 4.78 is 12.7. The SMILES string of the molecule is CC(O)C(C)(C)NC(=O)CSc1ccc(F)cc1. The zero-order valence-corrected chi connectivity index (χ0v) is 11.6. The lowest BCUT2D eigenvalue weighted by Crippen LogP contribution is -2.51. The van der Waals surface area contributed by atoms with Gasteiger partial charge in [0.2, 0.25) is 5.91 Å². The average molecular weight is 271 g/mol. The van der Waals surface area contributed by atoms with E-state index < -0.39 is 11.6 Å². The molecule has 0 spiro atoms. The molecule has 0 heterocycles. The molecule has 1 aromatic rings. The van der Waals surface area contributed by atoms with Gasteiger partial charge >= 0.3 is 0 Å². The predicted octanol–water partition coefficient (Wildman–Crippen LogP) is 2.19. The van der Waals surface area contributed by atoms with Crippen molar-refractivity contribution in [1.82, 2.24) is 5.32 Å². The highest BCUT2D eigenvalue weighted by molar-refractivity contribution is 8.00. The molecule has 1 amide bonds. The van der Waals surface area contributed by atoms with Gasteiger partial charge in [0.05, 0.1) is 17.4 Å². The van der Waals surface area contributed by atoms with Crippen molar-refractivity contribution in [3.63, 3.8) is 0 Å². The fourth-order valence-corrected chi connectivity index (χ4v) is 1.88. The topological polar surface area (TPSA) is 49.3 Å². The Bertz CT molecular complexity index is 404. The number of aliphatic hydroxyl groups excluding tert-OH is 1. The van der Waals surface area contributed by atoms with Gasteiger partial charge in [-0.1, -0.05) is 0 Å². The molecule has 0 aliphatic rings. The number of aliphatic hydroxyl groups is 1. The van der Waals surface area contributed by atoms with Crippen LogP contribution in [0.1, 0.15) is 20.8 Å². The van der Waals surface area contributed by atoms with Crippen LogP contribution in [0, 0.1) is 5.82 Å². The standard InChI is InChI=1S/C13H18FNO2S/c1-9(16)13(2,3)15-12(17)8-18-11-6-4-10(14)5-7-11/h4-7,9,16H,8H2,1-3H3,(H,15,17). The second-order valence-electron chi connectivity index (χ2n) is 4.69. The van der Waals surface area contributed by atoms with Gasteiger partial charge in [-0.25, -0.2) is 4.39 Å². The summed E-state index contributed by atoms with van der Waals surface area (Å²) in [7, 11) is 0. The highest BCUT2D eigenvalue weighted by Gasteiger charge is 2.25. The van der Waals surface area contributed by atoms with Crippen molar-refractivity contribution in [2.75, 3.05) is 5.75 Å². The molecule has 2 N–H and O–H groups in total. The number of benzene rings is 1. The summed E-state index contributed by atoms with van der Waals surface area (Å²) in [6.07, 6.45) is -0.628. The Kier molecular flexibility index (Phi) is 5.16. The van der Waals surface area contributed by atoms with Gasteiger partial charge in [-0.05, 0) is 45.0 Å². The molecule has 0 saturated heterocycles. The van der Waals surface area contributed by atoms with E-state index in [2.05, 4.69) is 5.32 Å². The molecule has 3 nitrogen and oxygen atoms in total. The normalized spacial score (nSPS) is 13.2. The second kappa shape index (κ2) is 6.20. The summed E-state index contributed by atoms with van der Waals surface area (Å²) in [5, 5.41) is 12.2. The Balaban J connectivity index is 2.44. The van der Waals surface area contributed by atoms with Gasteiger partial charge in [0.25, 0.3) is 0 Å². The van der Waals surface area contributed by atoms with Crippen LogP contribution in [-0.2, 0) is 4.79 Å². The van der Waals surface area contributed by atoms with Crippen LogP contribution in [0.5, 0.6) is 0 Å². The van der Waals surface area contributed by atoms with Crippen LogP contribution < -0.4 is 5.32 Å². The summed E-state index contributed by atoms with van der Waals surface area (Å²) in [5.41, 5.74) is -0.652. The number of hydrogen-bond acceptors (Lipinski definition) is 3. The minimum atomic E-state index is -0.652. The number of thioether (sulfide) groups is 1. The van der Waals surface area contributed by atoms with E-state index in [1.165, 1.54) is 23.9 Å². The second-order valence-corrected chi connectivity index (χ2v) is 5.74. The van der Waals surface area contributed by atoms with Crippen LogP contribution >= 0.6 is 11.8 Å². The molecule has 0 radical (unpaired) electrons. The highest BCUT2D eigenvalue weighted by Crippen LogP contribution is 2.18. The molecule has 1 unspecified atom stereocenters. The minimum Gasteiger partial charge on any atom is -0.391 e. The fourth-order valence-electron chi connectivity index (χ4n) is 1.18. The van der Waals surface area contributed by atoms with Crippen LogP contribution in [0.3, 0.4) is 0 Å². The van der Waals surface area contributed by atoms with Gasteiger partial charge in [0, 0.05) is 4.90 Å². The maximum Gasteiger partial charge on any atom is 0.230 e. The van der Waals surface area contributed by atoms with Crippen molar-refractivity contribution in [2.45, 2.75) is 37.3 Å². The molecule has 0 fully saturated rings. The van der Waals surface area contributed by atoms with Crippen molar-refractivity contribution in [3.05, 3.63) is 30.1 Å². The lowest BCUT2D eigenvalue weighted by atomic mass is 9.99. The molecule has 18 heavy (non-hydrogen) atoms. The van der Waals surface area contributed by atoms with E-state index in [4.69, 9.17) is 0 Å². The lowest BCUT2D eigenvalue weighted by molar-refractivity contribution is -0.121. The van der Waals surface area contributed by atoms with Crippen molar-refractivity contribution in [3.8, 4) is 0 Å². The first kappa shape index (κ1) is 15.0. The zero-order chi connectivity index (χ0) is 13.8. The smallest absolute Gasteiger partial charge is 0.230 e. The Hall–Kier alpha value is -1.07. The largest absolute Gasteiger partial charge is 0.391 e. The summed E-state index contributed by atoms with van der Waals surface area (Å²) in [6.45, 7) is 5.16. The van der Waals surface area contributed by atoms with Gasteiger partial charge in [-0.3, -0.25) is 4.79 Å². The molecular weight excluding hydrogens is 253 g/mol. The maximum absolute atomic E-state index is 12.7. The zero-order valence-electron chi connectivity index (χ0n) is 10.7. The number of carbonyl (C=O) groups is 1. The van der Waals surface area contributed by atoms with Crippen LogP contribution in [0.15, 0.2) is 29.2 Å². The van der Waals surface area contributed by atoms with Gasteiger partial charge in [-0.2, -0.15) is 0 Å². The number of nitrogens with one attached hydrogen (secondary N) is 1. The third-order valence-corrected chi connectivity index (χ3v) is 3.70. The van der Waals surface area contributed by atoms with E-state index in [-0.39, 0.29) is 17.5 Å². The fraction of sp³-hybridized carbons (Fsp3) is 0.462. The number of halogens is 1. The molecule has 0 aliphatic heterocycles. The number of hydrogen-bond donors (Lipinski definition) is 2. The van der Waals surface area contributed by atoms with E-state index in [1.807, 2.05) is 0 Å². The van der Waals surface area contributed by atoms with Crippen LogP contribution in [0.2, 0.25) is 0 Å². The molecule has 0 saturated carbocycles. The van der Waals surface area contributed by atoms with Gasteiger partial charge in [0.1, 0.15) is 5.82 Å². The number of amides is 1. The Morgan fingerprint density at radius 1 is 1.44 bits per heavy atom. The van der Waals surface area contributed by atoms with Crippen LogP contribution in [0.25, 0.3) is 0 Å². The van der Waals surface area contributed by atoms with Crippen molar-refractivity contribution < 1.29 is 14.3 Å². The molecule has 100 valence electrons. The van der Waals surface area contributed by atoms with Gasteiger partial charge < -0.3 is 10.4 Å².